The fraction of sp³-hybridized carbons (Fsp3) is 0.250. The summed E-state index contributed by atoms with van der Waals surface area (Å²) in [6.45, 7) is 4.00. The molecule has 0 aromatic carbocycles. The zero-order valence-corrected chi connectivity index (χ0v) is 6.91. The molecular weight excluding hydrogens is 161 g/mol. The lowest BCUT2D eigenvalue weighted by Gasteiger charge is -1.90. The van der Waals surface area contributed by atoms with Gasteiger partial charge in [0.15, 0.2) is 0 Å². The van der Waals surface area contributed by atoms with Crippen LogP contribution in [0.1, 0.15) is 24.2 Å². The van der Waals surface area contributed by atoms with Crippen molar-refractivity contribution in [2.45, 2.75) is 13.8 Å². The Morgan fingerprint density at radius 1 is 1.58 bits per heavy atom. The molecule has 1 rings (SSSR count). The van der Waals surface area contributed by atoms with E-state index in [0.717, 1.165) is 12.3 Å². The van der Waals surface area contributed by atoms with Gasteiger partial charge in [0.2, 0.25) is 5.95 Å². The summed E-state index contributed by atoms with van der Waals surface area (Å²) in [4.78, 5) is 13.4. The van der Waals surface area contributed by atoms with Gasteiger partial charge in [0, 0.05) is 12.3 Å². The third-order valence-electron chi connectivity index (χ3n) is 0.974. The number of hydrogen-bond acceptors (Lipinski definition) is 2. The zero-order chi connectivity index (χ0) is 9.56. The molecule has 4 heteroatoms. The first-order chi connectivity index (χ1) is 5.70. The number of carboxylic acids is 1. The highest BCUT2D eigenvalue weighted by Crippen LogP contribution is 1.98. The molecule has 0 saturated heterocycles. The zero-order valence-electron chi connectivity index (χ0n) is 6.91. The number of hydrogen-bond donors (Lipinski definition) is 1. The summed E-state index contributed by atoms with van der Waals surface area (Å²) in [6, 6.07) is 2.09. The van der Waals surface area contributed by atoms with Crippen LogP contribution in [0.25, 0.3) is 0 Å². The Kier molecular flexibility index (Phi) is 4.60. The van der Waals surface area contributed by atoms with E-state index in [0.29, 0.717) is 0 Å². The predicted molar refractivity (Wildman–Crippen MR) is 42.5 cm³/mol. The number of nitrogens with zero attached hydrogens (tertiary/aromatic N) is 1. The van der Waals surface area contributed by atoms with Crippen LogP contribution >= 0.6 is 0 Å². The molecule has 0 fully saturated rings. The minimum absolute atomic E-state index is 0.0903. The quantitative estimate of drug-likeness (QED) is 0.657. The summed E-state index contributed by atoms with van der Waals surface area (Å²) in [5.74, 6) is -1.93. The van der Waals surface area contributed by atoms with Crippen LogP contribution in [0, 0.1) is 5.95 Å². The molecule has 0 saturated carbocycles. The van der Waals surface area contributed by atoms with Crippen molar-refractivity contribution in [1.29, 1.82) is 0 Å². The van der Waals surface area contributed by atoms with Crippen LogP contribution in [0.15, 0.2) is 18.3 Å². The molecule has 3 nitrogen and oxygen atoms in total. The lowest BCUT2D eigenvalue weighted by atomic mass is 10.3. The van der Waals surface area contributed by atoms with E-state index in [-0.39, 0.29) is 5.56 Å². The first kappa shape index (κ1) is 10.6. The maximum absolute atomic E-state index is 12.2. The van der Waals surface area contributed by atoms with Gasteiger partial charge in [-0.2, -0.15) is 4.39 Å². The summed E-state index contributed by atoms with van der Waals surface area (Å²) < 4.78 is 12.2. The third-order valence-corrected chi connectivity index (χ3v) is 0.974. The molecule has 0 unspecified atom stereocenters. The number of carbonyl (C=O) groups is 1. The van der Waals surface area contributed by atoms with Gasteiger partial charge in [-0.15, -0.1) is 0 Å². The highest BCUT2D eigenvalue weighted by molar-refractivity contribution is 5.87. The number of pyridine rings is 1. The Morgan fingerprint density at radius 2 is 2.17 bits per heavy atom. The van der Waals surface area contributed by atoms with E-state index in [1.54, 1.807) is 0 Å². The fourth-order valence-electron chi connectivity index (χ4n) is 0.535. The number of rotatable bonds is 1. The Bertz CT molecular complexity index is 263. The number of aromatic carboxylic acids is 1. The average molecular weight is 171 g/mol. The van der Waals surface area contributed by atoms with Crippen molar-refractivity contribution in [2.24, 2.45) is 0 Å². The largest absolute Gasteiger partial charge is 0.478 e. The molecule has 0 amide bonds. The van der Waals surface area contributed by atoms with Gasteiger partial charge in [-0.1, -0.05) is 13.8 Å². The Balaban J connectivity index is 0.000000561. The van der Waals surface area contributed by atoms with E-state index in [1.165, 1.54) is 6.07 Å². The molecule has 0 spiro atoms. The molecule has 0 aliphatic rings. The Morgan fingerprint density at radius 3 is 2.50 bits per heavy atom. The molecule has 0 radical (unpaired) electrons. The van der Waals surface area contributed by atoms with Crippen molar-refractivity contribution in [3.05, 3.63) is 29.8 Å². The standard InChI is InChI=1S/C6H4FNO2.C2H6/c7-5-3-4(6(9)10)1-2-8-5;1-2/h1-3H,(H,9,10);1-2H3. The topological polar surface area (TPSA) is 50.2 Å². The van der Waals surface area contributed by atoms with Gasteiger partial charge in [0.1, 0.15) is 0 Å². The fourth-order valence-corrected chi connectivity index (χ4v) is 0.535. The van der Waals surface area contributed by atoms with Crippen molar-refractivity contribution in [3.63, 3.8) is 0 Å². The molecule has 1 heterocycles. The lowest BCUT2D eigenvalue weighted by molar-refractivity contribution is 0.0696. The minimum Gasteiger partial charge on any atom is -0.478 e. The van der Waals surface area contributed by atoms with Gasteiger partial charge in [-0.05, 0) is 6.07 Å². The van der Waals surface area contributed by atoms with Crippen molar-refractivity contribution in [1.82, 2.24) is 4.98 Å². The van der Waals surface area contributed by atoms with Crippen molar-refractivity contribution in [3.8, 4) is 0 Å². The molecule has 66 valence electrons. The summed E-state index contributed by atoms with van der Waals surface area (Å²) in [7, 11) is 0. The molecule has 0 aliphatic carbocycles. The first-order valence-corrected chi connectivity index (χ1v) is 3.55. The Hall–Kier alpha value is -1.45. The average Bonchev–Trinajstić information content (AvgIpc) is 2.08. The summed E-state index contributed by atoms with van der Waals surface area (Å²) >= 11 is 0. The third kappa shape index (κ3) is 3.09. The molecule has 0 aliphatic heterocycles. The number of halogens is 1. The SMILES string of the molecule is CC.O=C(O)c1ccnc(F)c1. The maximum atomic E-state index is 12.2. The second-order valence-electron chi connectivity index (χ2n) is 1.67. The summed E-state index contributed by atoms with van der Waals surface area (Å²) in [5, 5.41) is 8.31. The van der Waals surface area contributed by atoms with Crippen molar-refractivity contribution in [2.75, 3.05) is 0 Å². The minimum atomic E-state index is -1.15. The molecular formula is C8H10FNO2. The van der Waals surface area contributed by atoms with E-state index in [9.17, 15) is 9.18 Å². The molecule has 1 aromatic rings. The molecule has 1 aromatic heterocycles. The molecule has 1 N–H and O–H groups in total. The van der Waals surface area contributed by atoms with Gasteiger partial charge >= 0.3 is 5.97 Å². The van der Waals surface area contributed by atoms with Crippen molar-refractivity contribution >= 4 is 5.97 Å². The lowest BCUT2D eigenvalue weighted by Crippen LogP contribution is -1.97. The smallest absolute Gasteiger partial charge is 0.335 e. The van der Waals surface area contributed by atoms with Crippen LogP contribution < -0.4 is 0 Å². The highest BCUT2D eigenvalue weighted by atomic mass is 19.1. The summed E-state index contributed by atoms with van der Waals surface area (Å²) in [6.07, 6.45) is 1.11. The van der Waals surface area contributed by atoms with Crippen LogP contribution in [0.3, 0.4) is 0 Å². The van der Waals surface area contributed by atoms with E-state index in [4.69, 9.17) is 5.11 Å². The second kappa shape index (κ2) is 5.23. The monoisotopic (exact) mass is 171 g/mol. The van der Waals surface area contributed by atoms with Crippen LogP contribution in [0.4, 0.5) is 4.39 Å². The van der Waals surface area contributed by atoms with Crippen LogP contribution in [-0.4, -0.2) is 16.1 Å². The molecule has 0 bridgehead atoms. The van der Waals surface area contributed by atoms with E-state index in [1.807, 2.05) is 13.8 Å². The van der Waals surface area contributed by atoms with Gasteiger partial charge in [-0.25, -0.2) is 9.78 Å². The maximum Gasteiger partial charge on any atom is 0.335 e. The van der Waals surface area contributed by atoms with E-state index >= 15 is 0 Å². The first-order valence-electron chi connectivity index (χ1n) is 3.55. The van der Waals surface area contributed by atoms with E-state index in [2.05, 4.69) is 4.98 Å². The van der Waals surface area contributed by atoms with Gasteiger partial charge in [0.05, 0.1) is 5.56 Å². The van der Waals surface area contributed by atoms with Gasteiger partial charge < -0.3 is 5.11 Å². The van der Waals surface area contributed by atoms with Crippen LogP contribution in [-0.2, 0) is 0 Å². The number of carboxylic acid groups (broad SMARTS) is 1. The normalized spacial score (nSPS) is 8.25. The van der Waals surface area contributed by atoms with Gasteiger partial charge in [-0.3, -0.25) is 0 Å². The van der Waals surface area contributed by atoms with E-state index < -0.39 is 11.9 Å². The predicted octanol–water partition coefficient (Wildman–Crippen LogP) is 1.95. The number of aromatic nitrogens is 1. The molecule has 0 atom stereocenters. The van der Waals surface area contributed by atoms with Gasteiger partial charge in [0.25, 0.3) is 0 Å². The van der Waals surface area contributed by atoms with Crippen molar-refractivity contribution < 1.29 is 14.3 Å². The van der Waals surface area contributed by atoms with Crippen LogP contribution in [0.5, 0.6) is 0 Å². The molecule has 12 heavy (non-hydrogen) atoms. The van der Waals surface area contributed by atoms with Crippen LogP contribution in [0.2, 0.25) is 0 Å². The summed E-state index contributed by atoms with van der Waals surface area (Å²) in [5.41, 5.74) is -0.0903. The Labute approximate surface area is 69.9 Å². The highest BCUT2D eigenvalue weighted by Gasteiger charge is 2.02. The second-order valence-corrected chi connectivity index (χ2v) is 1.67.